The Morgan fingerprint density at radius 1 is 1.62 bits per heavy atom. The molecule has 0 radical (unpaired) electrons. The zero-order valence-electron chi connectivity index (χ0n) is 7.57. The van der Waals surface area contributed by atoms with Crippen LogP contribution in [0, 0.1) is 0 Å². The molecule has 1 fully saturated rings. The quantitative estimate of drug-likeness (QED) is 0.519. The van der Waals surface area contributed by atoms with E-state index in [1.165, 1.54) is 6.08 Å². The molecule has 74 valence electrons. The fourth-order valence-corrected chi connectivity index (χ4v) is 1.51. The lowest BCUT2D eigenvalue weighted by atomic mass is 10.2. The van der Waals surface area contributed by atoms with Gasteiger partial charge in [-0.1, -0.05) is 6.08 Å². The average Bonchev–Trinajstić information content (AvgIpc) is 2.48. The first-order chi connectivity index (χ1) is 6.24. The van der Waals surface area contributed by atoms with Gasteiger partial charge in [0.2, 0.25) is 5.91 Å². The maximum atomic E-state index is 11.1. The minimum atomic E-state index is -0.379. The van der Waals surface area contributed by atoms with Gasteiger partial charge in [0.25, 0.3) is 0 Å². The van der Waals surface area contributed by atoms with E-state index in [-0.39, 0.29) is 18.1 Å². The fourth-order valence-electron chi connectivity index (χ4n) is 1.51. The highest BCUT2D eigenvalue weighted by Gasteiger charge is 2.25. The number of amides is 1. The molecule has 13 heavy (non-hydrogen) atoms. The van der Waals surface area contributed by atoms with Crippen molar-refractivity contribution >= 4 is 5.91 Å². The third-order valence-electron chi connectivity index (χ3n) is 2.21. The molecule has 4 nitrogen and oxygen atoms in total. The van der Waals surface area contributed by atoms with Gasteiger partial charge in [-0.25, -0.2) is 0 Å². The molecule has 0 aromatic rings. The van der Waals surface area contributed by atoms with E-state index < -0.39 is 0 Å². The molecule has 1 amide bonds. The molecule has 2 unspecified atom stereocenters. The maximum absolute atomic E-state index is 11.1. The minimum absolute atomic E-state index is 0.0741. The number of rotatable bonds is 3. The second-order valence-electron chi connectivity index (χ2n) is 3.25. The van der Waals surface area contributed by atoms with Gasteiger partial charge >= 0.3 is 0 Å². The first-order valence-electron chi connectivity index (χ1n) is 4.59. The highest BCUT2D eigenvalue weighted by molar-refractivity contribution is 5.87. The van der Waals surface area contributed by atoms with Gasteiger partial charge < -0.3 is 16.2 Å². The molecule has 1 aliphatic rings. The SMILES string of the molecule is NC/C=C/C(=O)NC1CCCC1O. The summed E-state index contributed by atoms with van der Waals surface area (Å²) in [5, 5.41) is 12.1. The van der Waals surface area contributed by atoms with Gasteiger partial charge in [0.05, 0.1) is 12.1 Å². The largest absolute Gasteiger partial charge is 0.391 e. The zero-order chi connectivity index (χ0) is 9.68. The summed E-state index contributed by atoms with van der Waals surface area (Å²) in [7, 11) is 0. The molecule has 0 aromatic heterocycles. The Balaban J connectivity index is 2.31. The molecule has 1 rings (SSSR count). The standard InChI is InChI=1S/C9H16N2O2/c10-6-2-5-9(13)11-7-3-1-4-8(7)12/h2,5,7-8,12H,1,3-4,6,10H2,(H,11,13)/b5-2+. The molecule has 0 aromatic carbocycles. The van der Waals surface area contributed by atoms with Crippen molar-refractivity contribution in [2.45, 2.75) is 31.4 Å². The molecule has 2 atom stereocenters. The summed E-state index contributed by atoms with van der Waals surface area (Å²) in [6, 6.07) is -0.0741. The Morgan fingerprint density at radius 2 is 2.38 bits per heavy atom. The van der Waals surface area contributed by atoms with E-state index in [4.69, 9.17) is 5.73 Å². The minimum Gasteiger partial charge on any atom is -0.391 e. The van der Waals surface area contributed by atoms with Crippen LogP contribution in [0.5, 0.6) is 0 Å². The monoisotopic (exact) mass is 184 g/mol. The van der Waals surface area contributed by atoms with Crippen molar-refractivity contribution in [3.8, 4) is 0 Å². The first kappa shape index (κ1) is 10.2. The number of nitrogens with one attached hydrogen (secondary N) is 1. The van der Waals surface area contributed by atoms with Crippen LogP contribution in [0.15, 0.2) is 12.2 Å². The van der Waals surface area contributed by atoms with Crippen molar-refractivity contribution in [3.05, 3.63) is 12.2 Å². The predicted octanol–water partition coefficient (Wildman–Crippen LogP) is -0.469. The highest BCUT2D eigenvalue weighted by Crippen LogP contribution is 2.18. The fraction of sp³-hybridized carbons (Fsp3) is 0.667. The van der Waals surface area contributed by atoms with Crippen molar-refractivity contribution in [2.24, 2.45) is 5.73 Å². The molecule has 4 heteroatoms. The van der Waals surface area contributed by atoms with Crippen LogP contribution in [-0.4, -0.2) is 29.7 Å². The smallest absolute Gasteiger partial charge is 0.244 e. The number of carbonyl (C=O) groups excluding carboxylic acids is 1. The summed E-state index contributed by atoms with van der Waals surface area (Å²) in [4.78, 5) is 11.1. The normalized spacial score (nSPS) is 28.2. The van der Waals surface area contributed by atoms with Gasteiger partial charge in [-0.3, -0.25) is 4.79 Å². The lowest BCUT2D eigenvalue weighted by Gasteiger charge is -2.14. The van der Waals surface area contributed by atoms with Gasteiger partial charge in [0.1, 0.15) is 0 Å². The third kappa shape index (κ3) is 3.16. The molecule has 1 aliphatic carbocycles. The predicted molar refractivity (Wildman–Crippen MR) is 50.0 cm³/mol. The van der Waals surface area contributed by atoms with Gasteiger partial charge in [0, 0.05) is 12.6 Å². The van der Waals surface area contributed by atoms with E-state index in [1.807, 2.05) is 0 Å². The highest BCUT2D eigenvalue weighted by atomic mass is 16.3. The molecule has 0 bridgehead atoms. The van der Waals surface area contributed by atoms with E-state index in [0.717, 1.165) is 19.3 Å². The van der Waals surface area contributed by atoms with Crippen molar-refractivity contribution in [3.63, 3.8) is 0 Å². The van der Waals surface area contributed by atoms with Gasteiger partial charge in [-0.15, -0.1) is 0 Å². The lowest BCUT2D eigenvalue weighted by Crippen LogP contribution is -2.39. The van der Waals surface area contributed by atoms with Crippen molar-refractivity contribution in [1.82, 2.24) is 5.32 Å². The Labute approximate surface area is 77.8 Å². The summed E-state index contributed by atoms with van der Waals surface area (Å²) < 4.78 is 0. The number of aliphatic hydroxyl groups is 1. The molecule has 1 saturated carbocycles. The molecule has 0 aliphatic heterocycles. The number of carbonyl (C=O) groups is 1. The molecule has 4 N–H and O–H groups in total. The molecular formula is C9H16N2O2. The van der Waals surface area contributed by atoms with E-state index in [0.29, 0.717) is 6.54 Å². The third-order valence-corrected chi connectivity index (χ3v) is 2.21. The second-order valence-corrected chi connectivity index (χ2v) is 3.25. The van der Waals surface area contributed by atoms with Crippen LogP contribution in [0.2, 0.25) is 0 Å². The van der Waals surface area contributed by atoms with Gasteiger partial charge in [-0.2, -0.15) is 0 Å². The van der Waals surface area contributed by atoms with Gasteiger partial charge in [-0.05, 0) is 19.3 Å². The van der Waals surface area contributed by atoms with Gasteiger partial charge in [0.15, 0.2) is 0 Å². The Bertz CT molecular complexity index is 204. The van der Waals surface area contributed by atoms with Crippen molar-refractivity contribution in [2.75, 3.05) is 6.54 Å². The molecule has 0 spiro atoms. The zero-order valence-corrected chi connectivity index (χ0v) is 7.57. The van der Waals surface area contributed by atoms with Crippen molar-refractivity contribution < 1.29 is 9.90 Å². The first-order valence-corrected chi connectivity index (χ1v) is 4.59. The summed E-state index contributed by atoms with van der Waals surface area (Å²) in [6.07, 6.45) is 5.25. The van der Waals surface area contributed by atoms with E-state index in [2.05, 4.69) is 5.32 Å². The van der Waals surface area contributed by atoms with E-state index >= 15 is 0 Å². The summed E-state index contributed by atoms with van der Waals surface area (Å²) in [6.45, 7) is 0.362. The van der Waals surface area contributed by atoms with E-state index in [1.54, 1.807) is 6.08 Å². The summed E-state index contributed by atoms with van der Waals surface area (Å²) in [5.74, 6) is -0.170. The second kappa shape index (κ2) is 4.99. The maximum Gasteiger partial charge on any atom is 0.244 e. The number of hydrogen-bond acceptors (Lipinski definition) is 3. The van der Waals surface area contributed by atoms with Crippen LogP contribution in [0.25, 0.3) is 0 Å². The molecular weight excluding hydrogens is 168 g/mol. The van der Waals surface area contributed by atoms with Crippen LogP contribution >= 0.6 is 0 Å². The Morgan fingerprint density at radius 3 is 2.92 bits per heavy atom. The molecule has 0 saturated heterocycles. The number of hydrogen-bond donors (Lipinski definition) is 3. The van der Waals surface area contributed by atoms with Crippen LogP contribution in [0.1, 0.15) is 19.3 Å². The number of aliphatic hydroxyl groups excluding tert-OH is 1. The Hall–Kier alpha value is -0.870. The van der Waals surface area contributed by atoms with Crippen LogP contribution in [-0.2, 0) is 4.79 Å². The lowest BCUT2D eigenvalue weighted by molar-refractivity contribution is -0.117. The summed E-state index contributed by atoms with van der Waals surface area (Å²) in [5.41, 5.74) is 5.20. The number of nitrogens with two attached hydrogens (primary N) is 1. The summed E-state index contributed by atoms with van der Waals surface area (Å²) >= 11 is 0. The van der Waals surface area contributed by atoms with Crippen LogP contribution in [0.4, 0.5) is 0 Å². The molecule has 0 heterocycles. The topological polar surface area (TPSA) is 75.4 Å². The van der Waals surface area contributed by atoms with Crippen molar-refractivity contribution in [1.29, 1.82) is 0 Å². The Kier molecular flexibility index (Phi) is 3.92. The van der Waals surface area contributed by atoms with Crippen LogP contribution in [0.3, 0.4) is 0 Å². The average molecular weight is 184 g/mol. The van der Waals surface area contributed by atoms with Crippen LogP contribution < -0.4 is 11.1 Å². The van der Waals surface area contributed by atoms with E-state index in [9.17, 15) is 9.90 Å².